The monoisotopic (exact) mass is 704 g/mol. The molecule has 0 spiro atoms. The maximum atomic E-state index is 12.4. The summed E-state index contributed by atoms with van der Waals surface area (Å²) in [6.07, 6.45) is 0. The molecule has 0 fully saturated rings. The van der Waals surface area contributed by atoms with E-state index in [0.717, 1.165) is 41.8 Å². The van der Waals surface area contributed by atoms with Gasteiger partial charge in [0.05, 0.1) is 26.9 Å². The summed E-state index contributed by atoms with van der Waals surface area (Å²) in [4.78, 5) is 32.7. The molecule has 6 rings (SSSR count). The Kier molecular flexibility index (Phi) is 10.9. The first-order valence-corrected chi connectivity index (χ1v) is 13.8. The van der Waals surface area contributed by atoms with Gasteiger partial charge < -0.3 is 25.1 Å². The molecule has 0 amide bonds. The summed E-state index contributed by atoms with van der Waals surface area (Å²) in [6, 6.07) is 25.2. The molecule has 0 unspecified atom stereocenters. The number of benzene rings is 5. The van der Waals surface area contributed by atoms with Crippen LogP contribution in [-0.2, 0) is 16.8 Å². The minimum Gasteiger partial charge on any atom is -0.871 e. The van der Waals surface area contributed by atoms with Gasteiger partial charge >= 0.3 is 18.2 Å². The molecule has 0 bridgehead atoms. The van der Waals surface area contributed by atoms with Crippen molar-refractivity contribution in [3.05, 3.63) is 139 Å². The predicted octanol–water partition coefficient (Wildman–Crippen LogP) is 5.92. The van der Waals surface area contributed by atoms with Crippen LogP contribution in [-0.4, -0.2) is 14.5 Å². The summed E-state index contributed by atoms with van der Waals surface area (Å²) < 4.78 is 1.18. The van der Waals surface area contributed by atoms with Crippen LogP contribution in [0, 0.1) is 27.2 Å². The minimum atomic E-state index is -0.643. The molecule has 1 aromatic heterocycles. The van der Waals surface area contributed by atoms with Crippen molar-refractivity contribution in [1.82, 2.24) is 9.78 Å². The minimum absolute atomic E-state index is 0. The van der Waals surface area contributed by atoms with Crippen LogP contribution in [0.15, 0.2) is 128 Å². The molecular formula is C32H21CoN8O8. The van der Waals surface area contributed by atoms with E-state index in [4.69, 9.17) is 0 Å². The molecule has 0 saturated carbocycles. The second kappa shape index (κ2) is 15.2. The number of rotatable bonds is 7. The number of nitro benzene ring substituents is 2. The van der Waals surface area contributed by atoms with E-state index in [9.17, 15) is 40.3 Å². The summed E-state index contributed by atoms with van der Waals surface area (Å²) in [5.41, 5.74) is -0.500. The van der Waals surface area contributed by atoms with E-state index in [-0.39, 0.29) is 58.1 Å². The first kappa shape index (κ1) is 35.1. The summed E-state index contributed by atoms with van der Waals surface area (Å²) in [5.74, 6) is -1.38. The molecule has 0 radical (unpaired) electrons. The van der Waals surface area contributed by atoms with Gasteiger partial charge in [-0.2, -0.15) is 15.3 Å². The van der Waals surface area contributed by atoms with E-state index >= 15 is 0 Å². The summed E-state index contributed by atoms with van der Waals surface area (Å²) in [5, 5.41) is 77.6. The van der Waals surface area contributed by atoms with Crippen LogP contribution >= 0.6 is 0 Å². The van der Waals surface area contributed by atoms with Crippen LogP contribution in [0.3, 0.4) is 0 Å². The molecule has 246 valence electrons. The van der Waals surface area contributed by atoms with Gasteiger partial charge in [-0.15, -0.1) is 10.8 Å². The third-order valence-electron chi connectivity index (χ3n) is 6.67. The van der Waals surface area contributed by atoms with Crippen LogP contribution in [0.2, 0.25) is 0 Å². The van der Waals surface area contributed by atoms with Crippen LogP contribution < -0.4 is 26.0 Å². The van der Waals surface area contributed by atoms with Crippen molar-refractivity contribution in [2.24, 2.45) is 20.5 Å². The Morgan fingerprint density at radius 2 is 1.16 bits per heavy atom. The fourth-order valence-electron chi connectivity index (χ4n) is 4.30. The molecule has 0 aliphatic rings. The molecule has 0 saturated heterocycles. The number of azo groups is 2. The number of aryl methyl sites for hydroxylation is 1. The number of nitrogens with zero attached hydrogens (tertiary/aromatic N) is 8. The molecule has 5 aromatic carbocycles. The fraction of sp³-hybridized carbons (Fsp3) is 0.0312. The largest absolute Gasteiger partial charge is 3.00 e. The molecule has 17 heteroatoms. The van der Waals surface area contributed by atoms with Crippen molar-refractivity contribution in [3.8, 4) is 22.9 Å². The molecule has 0 atom stereocenters. The van der Waals surface area contributed by atoms with E-state index in [1.165, 1.54) is 10.7 Å². The zero-order chi connectivity index (χ0) is 34.4. The van der Waals surface area contributed by atoms with Gasteiger partial charge in [-0.3, -0.25) is 25.0 Å². The third kappa shape index (κ3) is 7.99. The van der Waals surface area contributed by atoms with E-state index in [2.05, 4.69) is 25.6 Å². The summed E-state index contributed by atoms with van der Waals surface area (Å²) >= 11 is 0. The van der Waals surface area contributed by atoms with Crippen molar-refractivity contribution >= 4 is 44.9 Å². The predicted molar refractivity (Wildman–Crippen MR) is 168 cm³/mol. The second-order valence-electron chi connectivity index (χ2n) is 9.84. The van der Waals surface area contributed by atoms with Crippen LogP contribution in [0.1, 0.15) is 7.12 Å². The molecule has 49 heavy (non-hydrogen) atoms. The number of aromatic nitrogens is 2. The summed E-state index contributed by atoms with van der Waals surface area (Å²) in [6.45, 7) is 1.58. The van der Waals surface area contributed by atoms with Crippen LogP contribution in [0.25, 0.3) is 16.5 Å². The second-order valence-corrected chi connectivity index (χ2v) is 9.84. The number of hydrogen-bond donors (Lipinski definition) is 0. The smallest absolute Gasteiger partial charge is 0.871 e. The van der Waals surface area contributed by atoms with Gasteiger partial charge in [-0.1, -0.05) is 90.9 Å². The number of nitro groups is 2. The van der Waals surface area contributed by atoms with Crippen LogP contribution in [0.4, 0.5) is 34.1 Å². The van der Waals surface area contributed by atoms with Crippen molar-refractivity contribution in [2.75, 3.05) is 0 Å². The van der Waals surface area contributed by atoms with E-state index in [0.29, 0.717) is 16.8 Å². The van der Waals surface area contributed by atoms with Gasteiger partial charge in [0.1, 0.15) is 5.69 Å². The average Bonchev–Trinajstić information content (AvgIpc) is 3.37. The summed E-state index contributed by atoms with van der Waals surface area (Å²) in [7, 11) is 0. The SMILES string of the molecule is Cc1[n-]n(-c2ccccc2)c(=O)c1N=Nc1cc([N+](=O)[O-])ccc1[O-].O=[N+]([O-])c1ccc([O-])c(N=Nc2c([O-])ccc3ccccc23)c1.[Co+3].[H+]. The van der Waals surface area contributed by atoms with Crippen molar-refractivity contribution in [1.29, 1.82) is 0 Å². The van der Waals surface area contributed by atoms with Crippen molar-refractivity contribution < 1.29 is 43.4 Å². The van der Waals surface area contributed by atoms with Gasteiger partial charge in [-0.05, 0) is 17.5 Å². The Morgan fingerprint density at radius 1 is 0.653 bits per heavy atom. The Bertz CT molecular complexity index is 2290. The van der Waals surface area contributed by atoms with Gasteiger partial charge in [0.15, 0.2) is 0 Å². The molecule has 0 aliphatic carbocycles. The average molecular weight is 705 g/mol. The first-order chi connectivity index (χ1) is 23.0. The molecule has 0 aliphatic heterocycles. The number of hydrogen-bond acceptors (Lipinski definition) is 12. The Balaban J connectivity index is 0.000000261. The third-order valence-corrected chi connectivity index (χ3v) is 6.67. The molecule has 0 N–H and O–H groups in total. The zero-order valence-electron chi connectivity index (χ0n) is 26.0. The van der Waals surface area contributed by atoms with Gasteiger partial charge in [0, 0.05) is 35.3 Å². The molecule has 1 heterocycles. The van der Waals surface area contributed by atoms with Crippen molar-refractivity contribution in [3.63, 3.8) is 0 Å². The number of non-ortho nitro benzene ring substituents is 2. The topological polar surface area (TPSA) is 241 Å². The molecule has 6 aromatic rings. The van der Waals surface area contributed by atoms with Gasteiger partial charge in [-0.25, -0.2) is 0 Å². The van der Waals surface area contributed by atoms with Crippen LogP contribution in [0.5, 0.6) is 17.2 Å². The van der Waals surface area contributed by atoms with E-state index in [1.54, 1.807) is 49.4 Å². The standard InChI is InChI=1S/C16H13N5O4.C16H11N3O4.Co/c1-10-15(16(23)20(19-10)11-5-3-2-4-6-11)18-17-13-9-12(21(24)25)7-8-14(13)22;20-14-8-6-11(19(22)23)9-13(14)17-18-16-12-4-2-1-3-10(12)5-7-15(16)21;/h2-9H,1H3,(H2,17,18,19,22,23);1-9,20-21H;/q;;+3/p-3. The molecular weight excluding hydrogens is 683 g/mol. The molecule has 16 nitrogen and oxygen atoms in total. The fourth-order valence-corrected chi connectivity index (χ4v) is 4.30. The zero-order valence-corrected chi connectivity index (χ0v) is 26.0. The Labute approximate surface area is 287 Å². The Hall–Kier alpha value is -6.72. The maximum Gasteiger partial charge on any atom is 3.00 e. The van der Waals surface area contributed by atoms with Crippen molar-refractivity contribution in [2.45, 2.75) is 6.92 Å². The van der Waals surface area contributed by atoms with E-state index < -0.39 is 26.9 Å². The van der Waals surface area contributed by atoms with E-state index in [1.807, 2.05) is 18.2 Å². The number of para-hydroxylation sites is 1. The normalized spacial score (nSPS) is 10.9. The first-order valence-electron chi connectivity index (χ1n) is 13.8. The quantitative estimate of drug-likeness (QED) is 0.109. The van der Waals surface area contributed by atoms with Gasteiger partial charge in [0.25, 0.3) is 16.9 Å². The van der Waals surface area contributed by atoms with Gasteiger partial charge in [0.2, 0.25) is 0 Å². The Morgan fingerprint density at radius 3 is 1.73 bits per heavy atom. The maximum absolute atomic E-state index is 12.4. The number of fused-ring (bicyclic) bond motifs is 1.